The third kappa shape index (κ3) is 2.03. The van der Waals surface area contributed by atoms with Crippen LogP contribution in [0, 0.1) is 11.3 Å². The van der Waals surface area contributed by atoms with Gasteiger partial charge in [-0.25, -0.2) is 0 Å². The molecule has 16 heavy (non-hydrogen) atoms. The van der Waals surface area contributed by atoms with Crippen LogP contribution in [0.15, 0.2) is 18.2 Å². The Morgan fingerprint density at radius 1 is 1.38 bits per heavy atom. The summed E-state index contributed by atoms with van der Waals surface area (Å²) < 4.78 is 16.7. The Bertz CT molecular complexity index is 434. The van der Waals surface area contributed by atoms with Gasteiger partial charge in [-0.15, -0.1) is 0 Å². The summed E-state index contributed by atoms with van der Waals surface area (Å²) in [5.74, 6) is 1.26. The van der Waals surface area contributed by atoms with E-state index in [0.717, 1.165) is 0 Å². The minimum atomic E-state index is -0.656. The number of nitrogens with zero attached hydrogens (tertiary/aromatic N) is 1. The van der Waals surface area contributed by atoms with Gasteiger partial charge in [-0.1, -0.05) is 6.07 Å². The van der Waals surface area contributed by atoms with Crippen LogP contribution in [0.2, 0.25) is 0 Å². The summed E-state index contributed by atoms with van der Waals surface area (Å²) >= 11 is 0. The molecular formula is C12H13NO3. The third-order valence-electron chi connectivity index (χ3n) is 2.12. The number of hydrogen-bond acceptors (Lipinski definition) is 4. The van der Waals surface area contributed by atoms with E-state index < -0.39 is 5.79 Å². The molecule has 1 aromatic rings. The second kappa shape index (κ2) is 3.93. The Hall–Kier alpha value is -1.89. The number of hydrogen-bond donors (Lipinski definition) is 0. The molecule has 0 radical (unpaired) electrons. The molecule has 0 atom stereocenters. The Labute approximate surface area is 94.3 Å². The first-order valence-electron chi connectivity index (χ1n) is 5.13. The van der Waals surface area contributed by atoms with Gasteiger partial charge in [-0.2, -0.15) is 5.26 Å². The molecule has 0 unspecified atom stereocenters. The van der Waals surface area contributed by atoms with Crippen LogP contribution in [-0.4, -0.2) is 12.4 Å². The number of rotatable bonds is 3. The summed E-state index contributed by atoms with van der Waals surface area (Å²) in [5.41, 5.74) is 0. The summed E-state index contributed by atoms with van der Waals surface area (Å²) in [4.78, 5) is 0. The summed E-state index contributed by atoms with van der Waals surface area (Å²) in [6.07, 6.45) is 0.355. The first kappa shape index (κ1) is 10.6. The molecule has 4 nitrogen and oxygen atoms in total. The number of benzene rings is 1. The average molecular weight is 219 g/mol. The van der Waals surface area contributed by atoms with E-state index in [1.165, 1.54) is 0 Å². The number of ether oxygens (including phenoxy) is 3. The maximum Gasteiger partial charge on any atom is 0.246 e. The van der Waals surface area contributed by atoms with Gasteiger partial charge in [0.15, 0.2) is 11.5 Å². The van der Waals surface area contributed by atoms with Gasteiger partial charge in [0, 0.05) is 13.8 Å². The van der Waals surface area contributed by atoms with Crippen LogP contribution in [-0.2, 0) is 0 Å². The van der Waals surface area contributed by atoms with E-state index in [1.807, 2.05) is 32.0 Å². The Morgan fingerprint density at radius 2 is 2.19 bits per heavy atom. The first-order valence-corrected chi connectivity index (χ1v) is 5.13. The Kier molecular flexibility index (Phi) is 2.61. The number of fused-ring (bicyclic) bond motifs is 1. The molecule has 0 spiro atoms. The topological polar surface area (TPSA) is 51.5 Å². The molecule has 0 amide bonds. The van der Waals surface area contributed by atoms with Crippen LogP contribution in [0.5, 0.6) is 17.2 Å². The molecule has 0 aromatic heterocycles. The van der Waals surface area contributed by atoms with Crippen molar-refractivity contribution in [3.63, 3.8) is 0 Å². The zero-order valence-electron chi connectivity index (χ0n) is 9.32. The van der Waals surface area contributed by atoms with Crippen molar-refractivity contribution in [1.82, 2.24) is 0 Å². The first-order chi connectivity index (χ1) is 7.62. The van der Waals surface area contributed by atoms with Crippen LogP contribution < -0.4 is 14.2 Å². The van der Waals surface area contributed by atoms with E-state index in [2.05, 4.69) is 0 Å². The lowest BCUT2D eigenvalue weighted by atomic mass is 10.3. The molecule has 0 N–H and O–H groups in total. The fourth-order valence-corrected chi connectivity index (χ4v) is 1.53. The van der Waals surface area contributed by atoms with Crippen molar-refractivity contribution < 1.29 is 14.2 Å². The Morgan fingerprint density at radius 3 is 2.94 bits per heavy atom. The van der Waals surface area contributed by atoms with Crippen molar-refractivity contribution in [3.05, 3.63) is 18.2 Å². The van der Waals surface area contributed by atoms with Gasteiger partial charge < -0.3 is 14.2 Å². The molecule has 1 aromatic carbocycles. The van der Waals surface area contributed by atoms with Crippen molar-refractivity contribution in [2.45, 2.75) is 26.1 Å². The quantitative estimate of drug-likeness (QED) is 0.733. The van der Waals surface area contributed by atoms with E-state index in [4.69, 9.17) is 19.5 Å². The van der Waals surface area contributed by atoms with Crippen LogP contribution in [0.1, 0.15) is 20.3 Å². The van der Waals surface area contributed by atoms with Gasteiger partial charge in [0.25, 0.3) is 0 Å². The van der Waals surface area contributed by atoms with Crippen LogP contribution in [0.4, 0.5) is 0 Å². The molecule has 0 saturated carbocycles. The number of para-hydroxylation sites is 1. The van der Waals surface area contributed by atoms with Gasteiger partial charge >= 0.3 is 0 Å². The third-order valence-corrected chi connectivity index (χ3v) is 2.12. The standard InChI is InChI=1S/C12H13NO3/c1-12(2)15-10-6-3-5-9(11(10)16-12)14-8-4-7-13/h3,5-6H,4,8H2,1-2H3. The van der Waals surface area contributed by atoms with Gasteiger partial charge in [-0.05, 0) is 12.1 Å². The van der Waals surface area contributed by atoms with Gasteiger partial charge in [0.2, 0.25) is 11.5 Å². The lowest BCUT2D eigenvalue weighted by molar-refractivity contribution is -0.0441. The predicted molar refractivity (Wildman–Crippen MR) is 57.5 cm³/mol. The van der Waals surface area contributed by atoms with Crippen LogP contribution in [0.25, 0.3) is 0 Å². The molecule has 0 aliphatic carbocycles. The summed E-state index contributed by atoms with van der Waals surface area (Å²) in [6.45, 7) is 4.04. The molecule has 4 heteroatoms. The molecule has 1 aliphatic rings. The van der Waals surface area contributed by atoms with E-state index in [9.17, 15) is 0 Å². The molecule has 0 fully saturated rings. The van der Waals surface area contributed by atoms with Crippen LogP contribution in [0.3, 0.4) is 0 Å². The highest BCUT2D eigenvalue weighted by Gasteiger charge is 2.33. The molecule has 2 rings (SSSR count). The normalized spacial score (nSPS) is 15.6. The maximum atomic E-state index is 8.43. The van der Waals surface area contributed by atoms with Crippen molar-refractivity contribution in [2.75, 3.05) is 6.61 Å². The summed E-state index contributed by atoms with van der Waals surface area (Å²) in [6, 6.07) is 7.50. The van der Waals surface area contributed by atoms with Gasteiger partial charge in [0.05, 0.1) is 12.5 Å². The average Bonchev–Trinajstić information content (AvgIpc) is 2.53. The molecule has 1 heterocycles. The lowest BCUT2D eigenvalue weighted by Crippen LogP contribution is -2.29. The minimum absolute atomic E-state index is 0.355. The summed E-state index contributed by atoms with van der Waals surface area (Å²) in [7, 11) is 0. The maximum absolute atomic E-state index is 8.43. The highest BCUT2D eigenvalue weighted by atomic mass is 16.7. The van der Waals surface area contributed by atoms with E-state index in [-0.39, 0.29) is 0 Å². The zero-order chi connectivity index (χ0) is 11.6. The SMILES string of the molecule is CC1(C)Oc2cccc(OCCC#N)c2O1. The predicted octanol–water partition coefficient (Wildman–Crippen LogP) is 2.49. The molecule has 0 bridgehead atoms. The zero-order valence-corrected chi connectivity index (χ0v) is 9.32. The molecule has 0 saturated heterocycles. The summed E-state index contributed by atoms with van der Waals surface area (Å²) in [5, 5.41) is 8.43. The Balaban J connectivity index is 2.17. The van der Waals surface area contributed by atoms with E-state index in [0.29, 0.717) is 30.3 Å². The highest BCUT2D eigenvalue weighted by molar-refractivity contribution is 5.53. The van der Waals surface area contributed by atoms with Crippen molar-refractivity contribution in [2.24, 2.45) is 0 Å². The second-order valence-electron chi connectivity index (χ2n) is 3.94. The number of nitriles is 1. The molecule has 1 aliphatic heterocycles. The molecular weight excluding hydrogens is 206 g/mol. The lowest BCUT2D eigenvalue weighted by Gasteiger charge is -2.16. The van der Waals surface area contributed by atoms with Crippen molar-refractivity contribution in [1.29, 1.82) is 5.26 Å². The minimum Gasteiger partial charge on any atom is -0.488 e. The highest BCUT2D eigenvalue weighted by Crippen LogP contribution is 2.45. The fourth-order valence-electron chi connectivity index (χ4n) is 1.53. The van der Waals surface area contributed by atoms with Gasteiger partial charge in [0.1, 0.15) is 6.61 Å². The fraction of sp³-hybridized carbons (Fsp3) is 0.417. The second-order valence-corrected chi connectivity index (χ2v) is 3.94. The van der Waals surface area contributed by atoms with Crippen molar-refractivity contribution >= 4 is 0 Å². The van der Waals surface area contributed by atoms with Crippen molar-refractivity contribution in [3.8, 4) is 23.3 Å². The van der Waals surface area contributed by atoms with Gasteiger partial charge in [-0.3, -0.25) is 0 Å². The molecule has 84 valence electrons. The van der Waals surface area contributed by atoms with Crippen LogP contribution >= 0.6 is 0 Å². The largest absolute Gasteiger partial charge is 0.488 e. The van der Waals surface area contributed by atoms with E-state index >= 15 is 0 Å². The van der Waals surface area contributed by atoms with E-state index in [1.54, 1.807) is 6.07 Å². The smallest absolute Gasteiger partial charge is 0.246 e. The monoisotopic (exact) mass is 219 g/mol.